The fraction of sp³-hybridized carbons (Fsp3) is 0.278. The van der Waals surface area contributed by atoms with Crippen LogP contribution in [0.1, 0.15) is 18.1 Å². The van der Waals surface area contributed by atoms with Gasteiger partial charge in [0.15, 0.2) is 0 Å². The van der Waals surface area contributed by atoms with Crippen LogP contribution in [0.2, 0.25) is 0 Å². The smallest absolute Gasteiger partial charge is 0.247 e. The fourth-order valence-electron chi connectivity index (χ4n) is 2.44. The van der Waals surface area contributed by atoms with E-state index < -0.39 is 16.1 Å². The number of nitrogens with one attached hydrogen (secondary N) is 1. The first-order valence-corrected chi connectivity index (χ1v) is 9.47. The molecule has 0 saturated heterocycles. The number of sulfonamides is 1. The van der Waals surface area contributed by atoms with Crippen molar-refractivity contribution in [2.45, 2.75) is 26.8 Å². The summed E-state index contributed by atoms with van der Waals surface area (Å²) in [5, 5.41) is 2.74. The second kappa shape index (κ2) is 7.05. The lowest BCUT2D eigenvalue weighted by atomic mass is 10.1. The maximum Gasteiger partial charge on any atom is 0.247 e. The molecule has 5 nitrogen and oxygen atoms in total. The van der Waals surface area contributed by atoms with E-state index in [2.05, 4.69) is 5.32 Å². The lowest BCUT2D eigenvalue weighted by molar-refractivity contribution is -0.116. The summed E-state index contributed by atoms with van der Waals surface area (Å²) in [4.78, 5) is 12.5. The number of para-hydroxylation sites is 1. The predicted molar refractivity (Wildman–Crippen MR) is 97.8 cm³/mol. The molecule has 2 aromatic rings. The van der Waals surface area contributed by atoms with Gasteiger partial charge in [0.2, 0.25) is 15.9 Å². The molecule has 0 saturated carbocycles. The van der Waals surface area contributed by atoms with E-state index in [0.29, 0.717) is 11.4 Å². The maximum atomic E-state index is 12.5. The largest absolute Gasteiger partial charge is 0.324 e. The van der Waals surface area contributed by atoms with E-state index in [1.807, 2.05) is 26.0 Å². The second-order valence-corrected chi connectivity index (χ2v) is 7.72. The number of aryl methyl sites for hydroxylation is 2. The van der Waals surface area contributed by atoms with Crippen LogP contribution in [0.4, 0.5) is 11.4 Å². The highest BCUT2D eigenvalue weighted by atomic mass is 32.2. The van der Waals surface area contributed by atoms with Crippen LogP contribution < -0.4 is 9.62 Å². The van der Waals surface area contributed by atoms with Crippen LogP contribution in [-0.2, 0) is 14.8 Å². The average molecular weight is 346 g/mol. The highest BCUT2D eigenvalue weighted by molar-refractivity contribution is 7.92. The predicted octanol–water partition coefficient (Wildman–Crippen LogP) is 3.10. The number of hydrogen-bond acceptors (Lipinski definition) is 3. The zero-order valence-corrected chi connectivity index (χ0v) is 15.1. The standard InChI is InChI=1S/C18H22N2O3S/c1-13-10-11-17(12-14(13)2)20(24(4,22)23)15(3)18(21)19-16-8-6-5-7-9-16/h5-12,15H,1-4H3,(H,19,21)/t15-/m1/s1. The van der Waals surface area contributed by atoms with Crippen LogP contribution in [0.15, 0.2) is 48.5 Å². The first-order chi connectivity index (χ1) is 11.2. The Morgan fingerprint density at radius 3 is 2.21 bits per heavy atom. The van der Waals surface area contributed by atoms with E-state index in [4.69, 9.17) is 0 Å². The first-order valence-electron chi connectivity index (χ1n) is 7.62. The van der Waals surface area contributed by atoms with Gasteiger partial charge in [-0.3, -0.25) is 9.10 Å². The third kappa shape index (κ3) is 4.14. The van der Waals surface area contributed by atoms with Crippen LogP contribution in [0.5, 0.6) is 0 Å². The molecule has 0 bridgehead atoms. The summed E-state index contributed by atoms with van der Waals surface area (Å²) < 4.78 is 25.7. The number of benzene rings is 2. The topological polar surface area (TPSA) is 66.5 Å². The van der Waals surface area contributed by atoms with Crippen molar-refractivity contribution in [2.75, 3.05) is 15.9 Å². The lowest BCUT2D eigenvalue weighted by Crippen LogP contribution is -2.45. The van der Waals surface area contributed by atoms with Gasteiger partial charge in [-0.05, 0) is 56.2 Å². The summed E-state index contributed by atoms with van der Waals surface area (Å²) in [5.41, 5.74) is 3.14. The van der Waals surface area contributed by atoms with Crippen molar-refractivity contribution in [3.63, 3.8) is 0 Å². The second-order valence-electron chi connectivity index (χ2n) is 5.86. The van der Waals surface area contributed by atoms with Gasteiger partial charge in [-0.1, -0.05) is 24.3 Å². The van der Waals surface area contributed by atoms with Gasteiger partial charge >= 0.3 is 0 Å². The van der Waals surface area contributed by atoms with Gasteiger partial charge in [0.1, 0.15) is 6.04 Å². The molecule has 0 unspecified atom stereocenters. The molecule has 0 radical (unpaired) electrons. The Labute approximate surface area is 143 Å². The summed E-state index contributed by atoms with van der Waals surface area (Å²) in [7, 11) is -3.61. The van der Waals surface area contributed by atoms with Crippen molar-refractivity contribution in [3.05, 3.63) is 59.7 Å². The minimum Gasteiger partial charge on any atom is -0.324 e. The monoisotopic (exact) mass is 346 g/mol. The number of nitrogens with zero attached hydrogens (tertiary/aromatic N) is 1. The van der Waals surface area contributed by atoms with Crippen molar-refractivity contribution < 1.29 is 13.2 Å². The van der Waals surface area contributed by atoms with Crippen LogP contribution in [-0.4, -0.2) is 26.6 Å². The molecule has 0 aliphatic carbocycles. The average Bonchev–Trinajstić information content (AvgIpc) is 2.50. The van der Waals surface area contributed by atoms with Crippen LogP contribution in [0.3, 0.4) is 0 Å². The highest BCUT2D eigenvalue weighted by Gasteiger charge is 2.29. The molecule has 0 fully saturated rings. The Morgan fingerprint density at radius 1 is 1.04 bits per heavy atom. The van der Waals surface area contributed by atoms with Gasteiger partial charge in [-0.15, -0.1) is 0 Å². The number of rotatable bonds is 5. The van der Waals surface area contributed by atoms with Crippen LogP contribution in [0, 0.1) is 13.8 Å². The van der Waals surface area contributed by atoms with E-state index in [0.717, 1.165) is 21.7 Å². The minimum absolute atomic E-state index is 0.384. The van der Waals surface area contributed by atoms with Crippen LogP contribution in [0.25, 0.3) is 0 Å². The van der Waals surface area contributed by atoms with Crippen molar-refractivity contribution in [2.24, 2.45) is 0 Å². The molecule has 0 aromatic heterocycles. The molecular weight excluding hydrogens is 324 g/mol. The first kappa shape index (κ1) is 18.0. The molecule has 0 heterocycles. The SMILES string of the molecule is Cc1ccc(N([C@H](C)C(=O)Nc2ccccc2)S(C)(=O)=O)cc1C. The summed E-state index contributed by atoms with van der Waals surface area (Å²) in [6.45, 7) is 5.44. The van der Waals surface area contributed by atoms with E-state index in [1.165, 1.54) is 0 Å². The molecule has 0 aliphatic heterocycles. The van der Waals surface area contributed by atoms with Gasteiger partial charge in [0.25, 0.3) is 0 Å². The Hall–Kier alpha value is -2.34. The maximum absolute atomic E-state index is 12.5. The quantitative estimate of drug-likeness (QED) is 0.905. The van der Waals surface area contributed by atoms with Gasteiger partial charge in [-0.2, -0.15) is 0 Å². The molecule has 6 heteroatoms. The van der Waals surface area contributed by atoms with Gasteiger partial charge in [0, 0.05) is 5.69 Å². The molecule has 24 heavy (non-hydrogen) atoms. The Balaban J connectivity index is 2.34. The number of carbonyl (C=O) groups is 1. The molecular formula is C18H22N2O3S. The molecule has 1 atom stereocenters. The number of hydrogen-bond donors (Lipinski definition) is 1. The summed E-state index contributed by atoms with van der Waals surface area (Å²) in [6.07, 6.45) is 1.11. The fourth-order valence-corrected chi connectivity index (χ4v) is 3.61. The number of amides is 1. The number of carbonyl (C=O) groups excluding carboxylic acids is 1. The molecule has 0 aliphatic rings. The zero-order valence-electron chi connectivity index (χ0n) is 14.3. The summed E-state index contributed by atoms with van der Waals surface area (Å²) in [5.74, 6) is -0.384. The summed E-state index contributed by atoms with van der Waals surface area (Å²) >= 11 is 0. The van der Waals surface area contributed by atoms with Crippen molar-refractivity contribution in [1.29, 1.82) is 0 Å². The zero-order chi connectivity index (χ0) is 17.9. The number of anilines is 2. The Bertz CT molecular complexity index is 833. The highest BCUT2D eigenvalue weighted by Crippen LogP contribution is 2.24. The molecule has 128 valence electrons. The molecule has 1 N–H and O–H groups in total. The van der Waals surface area contributed by atoms with Crippen molar-refractivity contribution >= 4 is 27.3 Å². The van der Waals surface area contributed by atoms with E-state index >= 15 is 0 Å². The van der Waals surface area contributed by atoms with E-state index in [1.54, 1.807) is 43.3 Å². The normalized spacial score (nSPS) is 12.5. The third-order valence-corrected chi connectivity index (χ3v) is 5.12. The Morgan fingerprint density at radius 2 is 1.67 bits per heavy atom. The van der Waals surface area contributed by atoms with E-state index in [9.17, 15) is 13.2 Å². The lowest BCUT2D eigenvalue weighted by Gasteiger charge is -2.28. The minimum atomic E-state index is -3.61. The molecule has 2 aromatic carbocycles. The Kier molecular flexibility index (Phi) is 5.29. The molecule has 0 spiro atoms. The molecule has 2 rings (SSSR count). The van der Waals surface area contributed by atoms with Gasteiger partial charge in [0.05, 0.1) is 11.9 Å². The van der Waals surface area contributed by atoms with E-state index in [-0.39, 0.29) is 5.91 Å². The molecule has 1 amide bonds. The summed E-state index contributed by atoms with van der Waals surface area (Å²) in [6, 6.07) is 13.4. The van der Waals surface area contributed by atoms with Gasteiger partial charge in [-0.25, -0.2) is 8.42 Å². The van der Waals surface area contributed by atoms with Crippen LogP contribution >= 0.6 is 0 Å². The van der Waals surface area contributed by atoms with Crippen molar-refractivity contribution in [3.8, 4) is 0 Å². The van der Waals surface area contributed by atoms with Gasteiger partial charge < -0.3 is 5.32 Å². The third-order valence-electron chi connectivity index (χ3n) is 3.87. The van der Waals surface area contributed by atoms with Crippen molar-refractivity contribution in [1.82, 2.24) is 0 Å².